The summed E-state index contributed by atoms with van der Waals surface area (Å²) in [5.41, 5.74) is 0.412. The molecular formula is C24H29F3N2O2. The Morgan fingerprint density at radius 1 is 1.06 bits per heavy atom. The highest BCUT2D eigenvalue weighted by Crippen LogP contribution is 2.41. The van der Waals surface area contributed by atoms with Gasteiger partial charge in [-0.2, -0.15) is 13.2 Å². The predicted molar refractivity (Wildman–Crippen MR) is 114 cm³/mol. The summed E-state index contributed by atoms with van der Waals surface area (Å²) in [4.78, 5) is 6.22. The molecule has 0 spiro atoms. The minimum Gasteiger partial charge on any atom is -0.490 e. The number of hydrogen-bond acceptors (Lipinski definition) is 4. The third-order valence-corrected chi connectivity index (χ3v) is 6.21. The summed E-state index contributed by atoms with van der Waals surface area (Å²) in [6, 6.07) is 8.63. The van der Waals surface area contributed by atoms with Gasteiger partial charge in [0.05, 0.1) is 12.2 Å². The molecule has 1 aliphatic carbocycles. The van der Waals surface area contributed by atoms with Gasteiger partial charge in [0.1, 0.15) is 11.9 Å². The van der Waals surface area contributed by atoms with Gasteiger partial charge >= 0.3 is 6.18 Å². The Kier molecular flexibility index (Phi) is 6.30. The van der Waals surface area contributed by atoms with E-state index < -0.39 is 11.7 Å². The Morgan fingerprint density at radius 3 is 2.42 bits per heavy atom. The Bertz CT molecular complexity index is 871. The van der Waals surface area contributed by atoms with E-state index in [4.69, 9.17) is 9.47 Å². The van der Waals surface area contributed by atoms with Crippen molar-refractivity contribution in [2.24, 2.45) is 11.8 Å². The molecular weight excluding hydrogens is 405 g/mol. The maximum absolute atomic E-state index is 12.9. The average molecular weight is 435 g/mol. The van der Waals surface area contributed by atoms with Gasteiger partial charge in [0, 0.05) is 31.1 Å². The Labute approximate surface area is 181 Å². The lowest BCUT2D eigenvalue weighted by molar-refractivity contribution is -0.137. The van der Waals surface area contributed by atoms with Crippen LogP contribution in [0.3, 0.4) is 0 Å². The van der Waals surface area contributed by atoms with E-state index in [1.165, 1.54) is 6.07 Å². The van der Waals surface area contributed by atoms with Gasteiger partial charge in [0.15, 0.2) is 11.5 Å². The molecule has 1 saturated heterocycles. The minimum atomic E-state index is -4.37. The van der Waals surface area contributed by atoms with Crippen molar-refractivity contribution in [3.05, 3.63) is 47.7 Å². The topological polar surface area (TPSA) is 34.6 Å². The van der Waals surface area contributed by atoms with Crippen LogP contribution in [0, 0.1) is 18.8 Å². The summed E-state index contributed by atoms with van der Waals surface area (Å²) in [5, 5.41) is 0. The van der Waals surface area contributed by atoms with Crippen LogP contribution in [-0.4, -0.2) is 30.8 Å². The second-order valence-electron chi connectivity index (χ2n) is 8.64. The van der Waals surface area contributed by atoms with Crippen molar-refractivity contribution in [1.82, 2.24) is 4.98 Å². The predicted octanol–water partition coefficient (Wildman–Crippen LogP) is 5.88. The number of aromatic nitrogens is 1. The summed E-state index contributed by atoms with van der Waals surface area (Å²) in [6.07, 6.45) is 0.788. The van der Waals surface area contributed by atoms with Crippen molar-refractivity contribution >= 4 is 5.82 Å². The minimum absolute atomic E-state index is 0.0751. The van der Waals surface area contributed by atoms with Crippen molar-refractivity contribution in [3.8, 4) is 11.5 Å². The molecule has 0 N–H and O–H groups in total. The molecule has 2 heterocycles. The zero-order valence-electron chi connectivity index (χ0n) is 18.0. The highest BCUT2D eigenvalue weighted by atomic mass is 19.4. The molecule has 7 heteroatoms. The molecule has 1 saturated carbocycles. The van der Waals surface area contributed by atoms with Crippen LogP contribution in [-0.2, 0) is 6.18 Å². The number of benzene rings is 1. The van der Waals surface area contributed by atoms with E-state index in [0.717, 1.165) is 68.1 Å². The highest BCUT2D eigenvalue weighted by Gasteiger charge is 2.42. The number of ether oxygens (including phenoxy) is 2. The van der Waals surface area contributed by atoms with Crippen LogP contribution in [0.1, 0.15) is 43.7 Å². The molecule has 0 radical (unpaired) electrons. The normalized spacial score (nSPS) is 23.5. The Morgan fingerprint density at radius 2 is 1.81 bits per heavy atom. The summed E-state index contributed by atoms with van der Waals surface area (Å²) in [7, 11) is 0. The van der Waals surface area contributed by atoms with Crippen molar-refractivity contribution in [2.75, 3.05) is 24.6 Å². The van der Waals surface area contributed by atoms with Gasteiger partial charge in [0.2, 0.25) is 0 Å². The SMILES string of the molecule is CCCOc1cc(C)ccc1O[C@@H]1[C@@H]2CCC[C@H]1CN(c1ccc(C(F)(F)F)cn1)C2. The number of aryl methyl sites for hydroxylation is 1. The number of hydrogen-bond donors (Lipinski definition) is 0. The van der Waals surface area contributed by atoms with Crippen LogP contribution in [0.4, 0.5) is 19.0 Å². The average Bonchev–Trinajstić information content (AvgIpc) is 2.73. The molecule has 1 aromatic heterocycles. The fourth-order valence-electron chi connectivity index (χ4n) is 4.69. The second-order valence-corrected chi connectivity index (χ2v) is 8.64. The number of fused-ring (bicyclic) bond motifs is 2. The van der Waals surface area contributed by atoms with Gasteiger partial charge < -0.3 is 14.4 Å². The van der Waals surface area contributed by atoms with E-state index in [9.17, 15) is 13.2 Å². The molecule has 0 unspecified atom stereocenters. The molecule has 2 fully saturated rings. The molecule has 2 aromatic rings. The van der Waals surface area contributed by atoms with E-state index in [2.05, 4.69) is 16.8 Å². The van der Waals surface area contributed by atoms with E-state index in [0.29, 0.717) is 24.3 Å². The van der Waals surface area contributed by atoms with Gasteiger partial charge in [-0.05, 0) is 56.0 Å². The van der Waals surface area contributed by atoms with Crippen molar-refractivity contribution in [2.45, 2.75) is 51.8 Å². The maximum atomic E-state index is 12.9. The van der Waals surface area contributed by atoms with Crippen LogP contribution < -0.4 is 14.4 Å². The van der Waals surface area contributed by atoms with Crippen LogP contribution in [0.5, 0.6) is 11.5 Å². The van der Waals surface area contributed by atoms with E-state index in [1.54, 1.807) is 0 Å². The van der Waals surface area contributed by atoms with Gasteiger partial charge in [-0.25, -0.2) is 4.98 Å². The molecule has 2 aliphatic rings. The first-order valence-electron chi connectivity index (χ1n) is 11.0. The molecule has 1 aliphatic heterocycles. The fourth-order valence-corrected chi connectivity index (χ4v) is 4.69. The lowest BCUT2D eigenvalue weighted by atomic mass is 9.75. The smallest absolute Gasteiger partial charge is 0.417 e. The van der Waals surface area contributed by atoms with Gasteiger partial charge in [-0.15, -0.1) is 0 Å². The first-order chi connectivity index (χ1) is 14.8. The van der Waals surface area contributed by atoms with Crippen LogP contribution in [0.2, 0.25) is 0 Å². The van der Waals surface area contributed by atoms with Gasteiger partial charge in [0.25, 0.3) is 0 Å². The summed E-state index contributed by atoms with van der Waals surface area (Å²) >= 11 is 0. The van der Waals surface area contributed by atoms with Crippen molar-refractivity contribution in [1.29, 1.82) is 0 Å². The number of pyridine rings is 1. The van der Waals surface area contributed by atoms with Crippen LogP contribution >= 0.6 is 0 Å². The monoisotopic (exact) mass is 434 g/mol. The summed E-state index contributed by atoms with van der Waals surface area (Å²) in [6.45, 7) is 6.22. The lowest BCUT2D eigenvalue weighted by Gasteiger charge is -2.47. The summed E-state index contributed by atoms with van der Waals surface area (Å²) < 4.78 is 51.0. The van der Waals surface area contributed by atoms with Gasteiger partial charge in [-0.1, -0.05) is 19.4 Å². The van der Waals surface area contributed by atoms with E-state index in [1.807, 2.05) is 25.1 Å². The Balaban J connectivity index is 1.49. The highest BCUT2D eigenvalue weighted by molar-refractivity contribution is 5.44. The largest absolute Gasteiger partial charge is 0.490 e. The number of nitrogens with zero attached hydrogens (tertiary/aromatic N) is 2. The molecule has 31 heavy (non-hydrogen) atoms. The third-order valence-electron chi connectivity index (χ3n) is 6.21. The molecule has 3 atom stereocenters. The molecule has 4 nitrogen and oxygen atoms in total. The van der Waals surface area contributed by atoms with Crippen molar-refractivity contribution < 1.29 is 22.6 Å². The summed E-state index contributed by atoms with van der Waals surface area (Å²) in [5.74, 6) is 2.77. The molecule has 2 bridgehead atoms. The van der Waals surface area contributed by atoms with E-state index >= 15 is 0 Å². The first kappa shape index (κ1) is 21.8. The van der Waals surface area contributed by atoms with Crippen LogP contribution in [0.15, 0.2) is 36.5 Å². The van der Waals surface area contributed by atoms with Crippen molar-refractivity contribution in [3.63, 3.8) is 0 Å². The number of alkyl halides is 3. The number of halogens is 3. The standard InChI is InChI=1S/C24H29F3N2O2/c1-3-11-30-21-12-16(2)7-9-20(21)31-23-17-5-4-6-18(23)15-29(14-17)22-10-8-19(13-28-22)24(25,26)27/h7-10,12-13,17-18,23H,3-6,11,14-15H2,1-2H3/t17-,18+,23-. The molecule has 168 valence electrons. The first-order valence-corrected chi connectivity index (χ1v) is 11.0. The zero-order chi connectivity index (χ0) is 22.0. The molecule has 4 rings (SSSR count). The molecule has 1 aromatic carbocycles. The van der Waals surface area contributed by atoms with E-state index in [-0.39, 0.29) is 6.10 Å². The number of rotatable bonds is 6. The quantitative estimate of drug-likeness (QED) is 0.569. The van der Waals surface area contributed by atoms with Gasteiger partial charge in [-0.3, -0.25) is 0 Å². The number of anilines is 1. The lowest BCUT2D eigenvalue weighted by Crippen LogP contribution is -2.54. The second kappa shape index (κ2) is 8.97. The zero-order valence-corrected chi connectivity index (χ0v) is 18.0. The molecule has 0 amide bonds. The maximum Gasteiger partial charge on any atom is 0.417 e. The van der Waals surface area contributed by atoms with Crippen LogP contribution in [0.25, 0.3) is 0 Å². The Hall–Kier alpha value is -2.44. The fraction of sp³-hybridized carbons (Fsp3) is 0.542. The third kappa shape index (κ3) is 4.91. The number of piperidine rings is 1.